The summed E-state index contributed by atoms with van der Waals surface area (Å²) in [5.74, 6) is -0.980. The monoisotopic (exact) mass is 484 g/mol. The fourth-order valence-corrected chi connectivity index (χ4v) is 3.05. The van der Waals surface area contributed by atoms with E-state index in [4.69, 9.17) is 4.74 Å². The Morgan fingerprint density at radius 2 is 2.03 bits per heavy atom. The number of carbonyl (C=O) groups excluding carboxylic acids is 1. The maximum Gasteiger partial charge on any atom is 0.425 e. The first kappa shape index (κ1) is 21.8. The molecule has 0 saturated carbocycles. The number of halogens is 4. The lowest BCUT2D eigenvalue weighted by atomic mass is 9.97. The largest absolute Gasteiger partial charge is 0.439 e. The predicted octanol–water partition coefficient (Wildman–Crippen LogP) is 4.15. The average Bonchev–Trinajstić information content (AvgIpc) is 3.09. The first-order chi connectivity index (χ1) is 14.1. The topological polar surface area (TPSA) is 89.3 Å². The molecule has 158 valence electrons. The summed E-state index contributed by atoms with van der Waals surface area (Å²) in [7, 11) is 1.30. The predicted molar refractivity (Wildman–Crippen MR) is 105 cm³/mol. The Hall–Kier alpha value is -2.92. The van der Waals surface area contributed by atoms with E-state index in [1.165, 1.54) is 31.6 Å². The van der Waals surface area contributed by atoms with Gasteiger partial charge in [-0.05, 0) is 24.3 Å². The lowest BCUT2D eigenvalue weighted by molar-refractivity contribution is -0.270. The highest BCUT2D eigenvalue weighted by Crippen LogP contribution is 2.40. The number of aliphatic hydroxyl groups is 1. The van der Waals surface area contributed by atoms with Gasteiger partial charge in [-0.2, -0.15) is 13.2 Å². The van der Waals surface area contributed by atoms with Gasteiger partial charge in [0, 0.05) is 30.0 Å². The summed E-state index contributed by atoms with van der Waals surface area (Å²) in [6, 6.07) is 9.92. The van der Waals surface area contributed by atoms with Crippen LogP contribution in [-0.2, 0) is 17.4 Å². The molecule has 30 heavy (non-hydrogen) atoms. The third-order valence-corrected chi connectivity index (χ3v) is 4.61. The number of anilines is 1. The molecule has 3 aromatic rings. The maximum atomic E-state index is 13.5. The SMILES string of the molecule is Cn1ccnc1C(O)(CC(=O)Nc1ccc(Oc2cccc(Br)c2)nc1)C(F)(F)F. The zero-order chi connectivity index (χ0) is 21.9. The molecule has 0 aliphatic heterocycles. The molecule has 2 aromatic heterocycles. The number of hydrogen-bond acceptors (Lipinski definition) is 5. The first-order valence-corrected chi connectivity index (χ1v) is 9.34. The lowest BCUT2D eigenvalue weighted by Crippen LogP contribution is -2.46. The van der Waals surface area contributed by atoms with Gasteiger partial charge in [-0.3, -0.25) is 4.79 Å². The van der Waals surface area contributed by atoms with Crippen LogP contribution in [0.2, 0.25) is 0 Å². The van der Waals surface area contributed by atoms with Gasteiger partial charge in [-0.25, -0.2) is 9.97 Å². The third kappa shape index (κ3) is 4.79. The molecule has 0 saturated heterocycles. The van der Waals surface area contributed by atoms with E-state index in [1.807, 2.05) is 6.07 Å². The first-order valence-electron chi connectivity index (χ1n) is 8.55. The zero-order valence-corrected chi connectivity index (χ0v) is 17.1. The molecule has 0 radical (unpaired) electrons. The van der Waals surface area contributed by atoms with E-state index >= 15 is 0 Å². The van der Waals surface area contributed by atoms with Gasteiger partial charge in [-0.15, -0.1) is 0 Å². The van der Waals surface area contributed by atoms with Crippen LogP contribution < -0.4 is 10.1 Å². The number of amides is 1. The molecule has 1 amide bonds. The maximum absolute atomic E-state index is 13.5. The normalized spacial score (nSPS) is 13.5. The molecule has 1 atom stereocenters. The Morgan fingerprint density at radius 1 is 1.27 bits per heavy atom. The molecule has 0 fully saturated rings. The minimum atomic E-state index is -5.11. The highest BCUT2D eigenvalue weighted by atomic mass is 79.9. The van der Waals surface area contributed by atoms with E-state index < -0.39 is 29.9 Å². The molecular weight excluding hydrogens is 469 g/mol. The summed E-state index contributed by atoms with van der Waals surface area (Å²) >= 11 is 3.32. The highest BCUT2D eigenvalue weighted by Gasteiger charge is 2.58. The van der Waals surface area contributed by atoms with Crippen molar-refractivity contribution in [2.75, 3.05) is 5.32 Å². The number of nitrogens with one attached hydrogen (secondary N) is 1. The van der Waals surface area contributed by atoms with Crippen molar-refractivity contribution in [2.24, 2.45) is 7.05 Å². The number of aryl methyl sites for hydroxylation is 1. The number of nitrogens with zero attached hydrogens (tertiary/aromatic N) is 3. The molecule has 0 bridgehead atoms. The molecule has 0 aliphatic rings. The van der Waals surface area contributed by atoms with Crippen LogP contribution in [-0.4, -0.2) is 31.7 Å². The van der Waals surface area contributed by atoms with Gasteiger partial charge in [0.15, 0.2) is 5.82 Å². The summed E-state index contributed by atoms with van der Waals surface area (Å²) in [5.41, 5.74) is -3.29. The van der Waals surface area contributed by atoms with E-state index in [9.17, 15) is 23.1 Å². The number of pyridine rings is 1. The smallest absolute Gasteiger partial charge is 0.425 e. The Kier molecular flexibility index (Phi) is 6.13. The van der Waals surface area contributed by atoms with Crippen molar-refractivity contribution in [2.45, 2.75) is 18.2 Å². The van der Waals surface area contributed by atoms with Crippen LogP contribution in [0.4, 0.5) is 18.9 Å². The van der Waals surface area contributed by atoms with E-state index in [0.717, 1.165) is 15.2 Å². The van der Waals surface area contributed by atoms with Crippen molar-refractivity contribution in [3.8, 4) is 11.6 Å². The molecule has 2 heterocycles. The number of alkyl halides is 3. The minimum Gasteiger partial charge on any atom is -0.439 e. The summed E-state index contributed by atoms with van der Waals surface area (Å²) in [6.07, 6.45) is -2.78. The van der Waals surface area contributed by atoms with Crippen LogP contribution >= 0.6 is 15.9 Å². The fraction of sp³-hybridized carbons (Fsp3) is 0.211. The summed E-state index contributed by atoms with van der Waals surface area (Å²) < 4.78 is 47.9. The molecule has 1 unspecified atom stereocenters. The summed E-state index contributed by atoms with van der Waals surface area (Å²) in [6.45, 7) is 0. The van der Waals surface area contributed by atoms with Crippen LogP contribution in [0.25, 0.3) is 0 Å². The van der Waals surface area contributed by atoms with Gasteiger partial charge in [0.25, 0.3) is 0 Å². The van der Waals surface area contributed by atoms with Crippen molar-refractivity contribution in [1.29, 1.82) is 0 Å². The van der Waals surface area contributed by atoms with Crippen molar-refractivity contribution < 1.29 is 27.8 Å². The number of benzene rings is 1. The van der Waals surface area contributed by atoms with Crippen LogP contribution in [0.3, 0.4) is 0 Å². The minimum absolute atomic E-state index is 0.144. The standard InChI is InChI=1S/C19H16BrF3N4O3/c1-27-8-7-24-17(27)18(29,19(21,22)23)10-15(28)26-13-5-6-16(25-11-13)30-14-4-2-3-12(20)9-14/h2-9,11,29H,10H2,1H3,(H,26,28). The van der Waals surface area contributed by atoms with Gasteiger partial charge in [-0.1, -0.05) is 22.0 Å². The molecule has 7 nitrogen and oxygen atoms in total. The number of hydrogen-bond donors (Lipinski definition) is 2. The van der Waals surface area contributed by atoms with Crippen molar-refractivity contribution in [3.63, 3.8) is 0 Å². The van der Waals surface area contributed by atoms with E-state index in [1.54, 1.807) is 18.2 Å². The van der Waals surface area contributed by atoms with Crippen LogP contribution in [0.15, 0.2) is 59.5 Å². The Morgan fingerprint density at radius 3 is 2.60 bits per heavy atom. The third-order valence-electron chi connectivity index (χ3n) is 4.12. The van der Waals surface area contributed by atoms with Gasteiger partial charge >= 0.3 is 6.18 Å². The second kappa shape index (κ2) is 8.44. The van der Waals surface area contributed by atoms with E-state index in [-0.39, 0.29) is 11.6 Å². The fourth-order valence-electron chi connectivity index (χ4n) is 2.67. The lowest BCUT2D eigenvalue weighted by Gasteiger charge is -2.29. The quantitative estimate of drug-likeness (QED) is 0.548. The van der Waals surface area contributed by atoms with Gasteiger partial charge < -0.3 is 19.7 Å². The number of imidazole rings is 1. The van der Waals surface area contributed by atoms with Gasteiger partial charge in [0.1, 0.15) is 5.75 Å². The van der Waals surface area contributed by atoms with Gasteiger partial charge in [0.2, 0.25) is 17.4 Å². The molecule has 1 aromatic carbocycles. The number of rotatable bonds is 6. The molecule has 3 rings (SSSR count). The van der Waals surface area contributed by atoms with Crippen LogP contribution in [0.5, 0.6) is 11.6 Å². The molecule has 11 heteroatoms. The van der Waals surface area contributed by atoms with Crippen molar-refractivity contribution >= 4 is 27.5 Å². The number of carbonyl (C=O) groups is 1. The molecular formula is C19H16BrF3N4O3. The van der Waals surface area contributed by atoms with Gasteiger partial charge in [0.05, 0.1) is 18.3 Å². The average molecular weight is 485 g/mol. The molecule has 0 aliphatic carbocycles. The summed E-state index contributed by atoms with van der Waals surface area (Å²) in [4.78, 5) is 19.8. The zero-order valence-electron chi connectivity index (χ0n) is 15.5. The van der Waals surface area contributed by atoms with Crippen molar-refractivity contribution in [3.05, 3.63) is 65.3 Å². The molecule has 2 N–H and O–H groups in total. The van der Waals surface area contributed by atoms with E-state index in [0.29, 0.717) is 5.75 Å². The second-order valence-electron chi connectivity index (χ2n) is 6.39. The highest BCUT2D eigenvalue weighted by molar-refractivity contribution is 9.10. The van der Waals surface area contributed by atoms with Crippen LogP contribution in [0.1, 0.15) is 12.2 Å². The summed E-state index contributed by atoms with van der Waals surface area (Å²) in [5, 5.41) is 12.5. The van der Waals surface area contributed by atoms with Crippen molar-refractivity contribution in [1.82, 2.24) is 14.5 Å². The Labute approximate surface area is 177 Å². The number of aromatic nitrogens is 3. The van der Waals surface area contributed by atoms with Crippen LogP contribution in [0, 0.1) is 0 Å². The van der Waals surface area contributed by atoms with E-state index in [2.05, 4.69) is 31.2 Å². The Balaban J connectivity index is 1.70. The molecule has 0 spiro atoms. The second-order valence-corrected chi connectivity index (χ2v) is 7.30. The number of ether oxygens (including phenoxy) is 1. The Bertz CT molecular complexity index is 1040.